The molecule has 6 rings (SSSR count). The van der Waals surface area contributed by atoms with Crippen LogP contribution in [0.2, 0.25) is 0 Å². The van der Waals surface area contributed by atoms with Crippen molar-refractivity contribution in [2.24, 2.45) is 51.2 Å². The number of rotatable bonds is 7. The Bertz CT molecular complexity index is 1320. The number of allylic oxidation sites excluding steroid dienone is 2. The fourth-order valence-corrected chi connectivity index (χ4v) is 12.2. The molecule has 6 nitrogen and oxygen atoms in total. The van der Waals surface area contributed by atoms with Crippen molar-refractivity contribution in [1.29, 1.82) is 0 Å². The van der Waals surface area contributed by atoms with Crippen molar-refractivity contribution in [2.45, 2.75) is 91.9 Å². The van der Waals surface area contributed by atoms with E-state index >= 15 is 0 Å². The number of likely N-dealkylation sites (N-methyl/N-ethyl adjacent to an activating group) is 1. The topological polar surface area (TPSA) is 75.6 Å². The Labute approximate surface area is 265 Å². The van der Waals surface area contributed by atoms with Gasteiger partial charge < -0.3 is 10.4 Å². The smallest absolute Gasteiger partial charge is 0.335 e. The molecule has 4 saturated carbocycles. The largest absolute Gasteiger partial charge is 0.478 e. The molecule has 5 aliphatic carbocycles. The quantitative estimate of drug-likeness (QED) is 0.248. The minimum absolute atomic E-state index is 0.0251. The minimum atomic E-state index is -0.869. The predicted molar refractivity (Wildman–Crippen MR) is 174 cm³/mol. The first-order valence-corrected chi connectivity index (χ1v) is 17.4. The normalized spacial score (nSPS) is 39.2. The van der Waals surface area contributed by atoms with Gasteiger partial charge >= 0.3 is 5.97 Å². The number of benzene rings is 1. The highest BCUT2D eigenvalue weighted by Gasteiger charge is 2.66. The molecule has 2 N–H and O–H groups in total. The van der Waals surface area contributed by atoms with Crippen molar-refractivity contribution < 1.29 is 24.2 Å². The third kappa shape index (κ3) is 4.80. The number of carbonyl (C=O) groups is 2. The van der Waals surface area contributed by atoms with Crippen LogP contribution in [-0.2, 0) is 9.63 Å². The second-order valence-corrected chi connectivity index (χ2v) is 16.9. The number of carboxylic acids is 1. The Kier molecular flexibility index (Phi) is 7.92. The van der Waals surface area contributed by atoms with Crippen LogP contribution < -0.4 is 5.32 Å². The van der Waals surface area contributed by atoms with E-state index in [1.807, 2.05) is 26.2 Å². The Morgan fingerprint density at radius 1 is 0.909 bits per heavy atom. The van der Waals surface area contributed by atoms with Crippen molar-refractivity contribution >= 4 is 17.4 Å². The van der Waals surface area contributed by atoms with Gasteiger partial charge in [-0.3, -0.25) is 4.79 Å². The first kappa shape index (κ1) is 31.8. The van der Waals surface area contributed by atoms with E-state index in [-0.39, 0.29) is 16.2 Å². The summed E-state index contributed by atoms with van der Waals surface area (Å²) in [6.07, 6.45) is 14.4. The molecule has 1 aromatic carbocycles. The molecule has 1 aromatic rings. The fourth-order valence-electron chi connectivity index (χ4n) is 12.2. The van der Waals surface area contributed by atoms with Gasteiger partial charge in [-0.1, -0.05) is 52.3 Å². The monoisotopic (exact) mass is 605 g/mol. The number of hydroxylamine groups is 3. The first-order chi connectivity index (χ1) is 20.7. The van der Waals surface area contributed by atoms with Crippen LogP contribution in [0.3, 0.4) is 0 Å². The van der Waals surface area contributed by atoms with Gasteiger partial charge in [-0.05, 0) is 127 Å². The average Bonchev–Trinajstić information content (AvgIpc) is 3.43. The molecule has 0 heterocycles. The molecule has 1 amide bonds. The van der Waals surface area contributed by atoms with E-state index < -0.39 is 5.97 Å². The third-order valence-corrected chi connectivity index (χ3v) is 14.4. The van der Waals surface area contributed by atoms with Crippen molar-refractivity contribution in [3.63, 3.8) is 0 Å². The van der Waals surface area contributed by atoms with Gasteiger partial charge in [0.05, 0.1) is 38.7 Å². The van der Waals surface area contributed by atoms with Crippen LogP contribution in [0.5, 0.6) is 0 Å². The van der Waals surface area contributed by atoms with Gasteiger partial charge in [0.25, 0.3) is 0 Å². The molecule has 0 spiro atoms. The average molecular weight is 606 g/mol. The zero-order chi connectivity index (χ0) is 31.7. The molecular formula is C38H57N2O4+. The second-order valence-electron chi connectivity index (χ2n) is 16.9. The molecule has 0 saturated heterocycles. The summed E-state index contributed by atoms with van der Waals surface area (Å²) in [7, 11) is 5.79. The maximum atomic E-state index is 13.9. The van der Waals surface area contributed by atoms with Crippen LogP contribution in [0, 0.1) is 51.2 Å². The number of nitrogens with zero attached hydrogens (tertiary/aromatic N) is 1. The van der Waals surface area contributed by atoms with Gasteiger partial charge in [0.15, 0.2) is 0 Å². The van der Waals surface area contributed by atoms with Crippen LogP contribution in [0.25, 0.3) is 5.57 Å². The molecule has 0 aliphatic heterocycles. The van der Waals surface area contributed by atoms with Crippen LogP contribution >= 0.6 is 0 Å². The van der Waals surface area contributed by atoms with Gasteiger partial charge in [0.1, 0.15) is 6.54 Å². The Morgan fingerprint density at radius 2 is 1.64 bits per heavy atom. The first-order valence-electron chi connectivity index (χ1n) is 17.4. The standard InChI is InChI=1S/C38H56N2O4/c1-35(2)28(25-10-12-26(13-11-25)33(41)42)16-20-37(4)31(35)18-21-36(3)29-17-22-38(34(43)39-23-24-40(5,6)44-7)19-8-9-30(38)27(29)14-15-32(36)37/h10-13,16,27,29-32H,8-9,14-15,17-24H2,1-7H3,(H-,39,41,42,43)/p+1. The lowest BCUT2D eigenvalue weighted by Crippen LogP contribution is -2.62. The van der Waals surface area contributed by atoms with Crippen molar-refractivity contribution in [1.82, 2.24) is 5.32 Å². The van der Waals surface area contributed by atoms with E-state index in [0.29, 0.717) is 57.7 Å². The lowest BCUT2D eigenvalue weighted by Gasteiger charge is -2.68. The molecule has 6 heteroatoms. The number of carboxylic acid groups (broad SMARTS) is 1. The molecule has 8 atom stereocenters. The number of hydrogen-bond acceptors (Lipinski definition) is 3. The Balaban J connectivity index is 1.23. The van der Waals surface area contributed by atoms with Gasteiger partial charge in [-0.2, -0.15) is 4.65 Å². The van der Waals surface area contributed by atoms with Crippen LogP contribution in [0.15, 0.2) is 30.3 Å². The SMILES string of the molecule is CO[N+](C)(C)CCNC(=O)C12CCCC1C1CCC3C(C)(CCC4C(C)(C)C(c5ccc(C(=O)O)cc5)=CCC43C)C1CC2. The van der Waals surface area contributed by atoms with Gasteiger partial charge in [-0.15, -0.1) is 0 Å². The molecule has 8 unspecified atom stereocenters. The number of aromatic carboxylic acids is 1. The number of quaternary nitrogens is 1. The zero-order valence-corrected chi connectivity index (χ0v) is 28.4. The Morgan fingerprint density at radius 3 is 2.32 bits per heavy atom. The predicted octanol–water partition coefficient (Wildman–Crippen LogP) is 7.60. The van der Waals surface area contributed by atoms with Gasteiger partial charge in [0, 0.05) is 0 Å². The summed E-state index contributed by atoms with van der Waals surface area (Å²) in [5.74, 6) is 2.64. The molecule has 0 aromatic heterocycles. The molecular weight excluding hydrogens is 548 g/mol. The highest BCUT2D eigenvalue weighted by molar-refractivity contribution is 5.88. The molecule has 5 aliphatic rings. The van der Waals surface area contributed by atoms with E-state index in [1.165, 1.54) is 56.1 Å². The molecule has 0 bridgehead atoms. The number of carbonyl (C=O) groups excluding carboxylic acids is 1. The maximum Gasteiger partial charge on any atom is 0.335 e. The summed E-state index contributed by atoms with van der Waals surface area (Å²) in [6, 6.07) is 7.55. The van der Waals surface area contributed by atoms with Crippen LogP contribution in [0.1, 0.15) is 108 Å². The minimum Gasteiger partial charge on any atom is -0.478 e. The van der Waals surface area contributed by atoms with E-state index in [0.717, 1.165) is 25.8 Å². The molecule has 0 radical (unpaired) electrons. The van der Waals surface area contributed by atoms with E-state index in [1.54, 1.807) is 19.2 Å². The summed E-state index contributed by atoms with van der Waals surface area (Å²) in [6.45, 7) is 11.6. The summed E-state index contributed by atoms with van der Waals surface area (Å²) < 4.78 is 0.450. The highest BCUT2D eigenvalue weighted by atomic mass is 16.7. The maximum absolute atomic E-state index is 13.9. The molecule has 4 fully saturated rings. The highest BCUT2D eigenvalue weighted by Crippen LogP contribution is 2.73. The van der Waals surface area contributed by atoms with Crippen LogP contribution in [-0.4, -0.2) is 55.9 Å². The summed E-state index contributed by atoms with van der Waals surface area (Å²) in [5, 5.41) is 12.8. The lowest BCUT2D eigenvalue weighted by atomic mass is 9.36. The number of amides is 1. The van der Waals surface area contributed by atoms with E-state index in [2.05, 4.69) is 39.1 Å². The van der Waals surface area contributed by atoms with E-state index in [9.17, 15) is 14.7 Å². The number of nitrogens with one attached hydrogen (secondary N) is 1. The van der Waals surface area contributed by atoms with Crippen molar-refractivity contribution in [3.8, 4) is 0 Å². The molecule has 242 valence electrons. The Hall–Kier alpha value is -2.18. The van der Waals surface area contributed by atoms with Gasteiger partial charge in [-0.25, -0.2) is 9.63 Å². The number of hydrogen-bond donors (Lipinski definition) is 2. The zero-order valence-electron chi connectivity index (χ0n) is 28.4. The fraction of sp³-hybridized carbons (Fsp3) is 0.737. The third-order valence-electron chi connectivity index (χ3n) is 14.4. The number of fused-ring (bicyclic) bond motifs is 7. The van der Waals surface area contributed by atoms with E-state index in [4.69, 9.17) is 4.84 Å². The van der Waals surface area contributed by atoms with Gasteiger partial charge in [0.2, 0.25) is 5.91 Å². The second kappa shape index (κ2) is 11.0. The summed E-state index contributed by atoms with van der Waals surface area (Å²) >= 11 is 0. The lowest BCUT2D eigenvalue weighted by molar-refractivity contribution is -1.07. The molecule has 44 heavy (non-hydrogen) atoms. The van der Waals surface area contributed by atoms with Crippen LogP contribution in [0.4, 0.5) is 0 Å². The van der Waals surface area contributed by atoms with Crippen molar-refractivity contribution in [2.75, 3.05) is 34.3 Å². The van der Waals surface area contributed by atoms with Crippen molar-refractivity contribution in [3.05, 3.63) is 41.5 Å². The summed E-state index contributed by atoms with van der Waals surface area (Å²) in [4.78, 5) is 30.9. The summed E-state index contributed by atoms with van der Waals surface area (Å²) in [5.41, 5.74) is 3.34.